The van der Waals surface area contributed by atoms with Gasteiger partial charge in [-0.1, -0.05) is 69.6 Å². The number of aromatic nitrogens is 13. The molecule has 0 saturated carbocycles. The molecule has 14 rings (SSSR count). The number of methoxy groups -OCH3 is 5. The van der Waals surface area contributed by atoms with Gasteiger partial charge in [-0.2, -0.15) is 0 Å². The summed E-state index contributed by atoms with van der Waals surface area (Å²) in [5, 5.41) is 7.87. The zero-order valence-electron chi connectivity index (χ0n) is 46.1. The first-order chi connectivity index (χ1) is 41.8. The van der Waals surface area contributed by atoms with E-state index in [1.165, 1.54) is 0 Å². The number of ether oxygens (including phenoxy) is 5. The van der Waals surface area contributed by atoms with E-state index in [2.05, 4.69) is 44.9 Å². The molecular formula is C62H47Cl6N13O5. The molecule has 86 heavy (non-hydrogen) atoms. The van der Waals surface area contributed by atoms with Crippen LogP contribution in [0.5, 0.6) is 28.7 Å². The SMILES string of the molecule is COc1ccc2c(-n3ccnc3)cc(Cl)nc2c1.COc1ccc2c(-n3ccnc3)cc(Cl)nc2c1.COc1ccc2c(Cl)cc(-n3ccnc3)nc2c1.COc1ccc2c(Cl)cc(-n3ccnc3)nc2c1.COc1ccc2c(Cl)cc(Cl)nc2c1. The molecule has 14 aromatic rings. The lowest BCUT2D eigenvalue weighted by molar-refractivity contribution is 0.415. The predicted molar refractivity (Wildman–Crippen MR) is 340 cm³/mol. The van der Waals surface area contributed by atoms with E-state index >= 15 is 0 Å². The fraction of sp³-hybridized carbons (Fsp3) is 0.0806. The average Bonchev–Trinajstić information content (AvgIpc) is 2.62. The van der Waals surface area contributed by atoms with Crippen LogP contribution in [0.2, 0.25) is 30.5 Å². The third-order valence-corrected chi connectivity index (χ3v) is 14.4. The number of hydrogen-bond donors (Lipinski definition) is 0. The Morgan fingerprint density at radius 2 is 0.558 bits per heavy atom. The van der Waals surface area contributed by atoms with Gasteiger partial charge in [0.2, 0.25) is 0 Å². The normalized spacial score (nSPS) is 10.7. The molecule has 0 aliphatic heterocycles. The summed E-state index contributed by atoms with van der Waals surface area (Å²) < 4.78 is 33.3. The molecule has 0 bridgehead atoms. The maximum absolute atomic E-state index is 6.26. The first-order valence-electron chi connectivity index (χ1n) is 25.6. The molecule has 18 nitrogen and oxygen atoms in total. The first kappa shape index (κ1) is 59.9. The van der Waals surface area contributed by atoms with Gasteiger partial charge in [0.05, 0.1) is 102 Å². The van der Waals surface area contributed by atoms with Gasteiger partial charge in [0.25, 0.3) is 0 Å². The Labute approximate surface area is 521 Å². The van der Waals surface area contributed by atoms with Crippen molar-refractivity contribution in [1.82, 2.24) is 63.1 Å². The molecule has 0 aliphatic rings. The summed E-state index contributed by atoms with van der Waals surface area (Å²) in [5.74, 6) is 5.24. The van der Waals surface area contributed by atoms with Crippen molar-refractivity contribution >= 4 is 124 Å². The van der Waals surface area contributed by atoms with E-state index in [1.807, 2.05) is 152 Å². The van der Waals surface area contributed by atoms with Gasteiger partial charge < -0.3 is 32.8 Å². The number of hydrogen-bond acceptors (Lipinski definition) is 14. The number of pyridine rings is 5. The largest absolute Gasteiger partial charge is 0.497 e. The second-order valence-electron chi connectivity index (χ2n) is 18.1. The monoisotopic (exact) mass is 1260 g/mol. The van der Waals surface area contributed by atoms with Crippen LogP contribution in [0.25, 0.3) is 77.5 Å². The maximum Gasteiger partial charge on any atom is 0.140 e. The molecule has 0 spiro atoms. The second-order valence-corrected chi connectivity index (χ2v) is 20.5. The van der Waals surface area contributed by atoms with E-state index in [1.54, 1.807) is 97.8 Å². The first-order valence-corrected chi connectivity index (χ1v) is 27.9. The van der Waals surface area contributed by atoms with Crippen LogP contribution in [-0.4, -0.2) is 98.7 Å². The van der Waals surface area contributed by atoms with Crippen LogP contribution in [-0.2, 0) is 0 Å². The summed E-state index contributed by atoms with van der Waals surface area (Å²) in [4.78, 5) is 37.9. The number of rotatable bonds is 9. The third-order valence-electron chi connectivity index (χ3n) is 12.9. The van der Waals surface area contributed by atoms with E-state index in [0.717, 1.165) is 106 Å². The highest BCUT2D eigenvalue weighted by Gasteiger charge is 2.12. The van der Waals surface area contributed by atoms with E-state index in [-0.39, 0.29) is 0 Å². The van der Waals surface area contributed by atoms with E-state index in [0.29, 0.717) is 30.5 Å². The van der Waals surface area contributed by atoms with Crippen molar-refractivity contribution in [3.63, 3.8) is 0 Å². The lowest BCUT2D eigenvalue weighted by Crippen LogP contribution is -1.95. The summed E-state index contributed by atoms with van der Waals surface area (Å²) in [7, 11) is 8.11. The Morgan fingerprint density at radius 3 is 0.860 bits per heavy atom. The smallest absolute Gasteiger partial charge is 0.140 e. The average molecular weight is 1270 g/mol. The fourth-order valence-electron chi connectivity index (χ4n) is 8.68. The van der Waals surface area contributed by atoms with Crippen LogP contribution in [0.4, 0.5) is 0 Å². The van der Waals surface area contributed by atoms with Crippen LogP contribution in [0.1, 0.15) is 0 Å². The van der Waals surface area contributed by atoms with Crippen molar-refractivity contribution in [3.8, 4) is 51.8 Å². The minimum atomic E-state index is 0.385. The van der Waals surface area contributed by atoms with Crippen LogP contribution in [0.3, 0.4) is 0 Å². The Bertz CT molecular complexity index is 4350. The van der Waals surface area contributed by atoms with E-state index < -0.39 is 0 Å². The fourth-order valence-corrected chi connectivity index (χ4v) is 10.1. The molecule has 0 aliphatic carbocycles. The van der Waals surface area contributed by atoms with E-state index in [4.69, 9.17) is 93.3 Å². The Balaban J connectivity index is 0.000000120. The van der Waals surface area contributed by atoms with Crippen molar-refractivity contribution < 1.29 is 23.7 Å². The van der Waals surface area contributed by atoms with Gasteiger partial charge in [-0.15, -0.1) is 0 Å². The third kappa shape index (κ3) is 14.1. The van der Waals surface area contributed by atoms with Gasteiger partial charge in [-0.05, 0) is 66.7 Å². The quantitative estimate of drug-likeness (QED) is 0.124. The highest BCUT2D eigenvalue weighted by molar-refractivity contribution is 6.38. The predicted octanol–water partition coefficient (Wildman–Crippen LogP) is 15.9. The molecule has 0 saturated heterocycles. The summed E-state index contributed by atoms with van der Waals surface area (Å²) in [6.45, 7) is 0. The maximum atomic E-state index is 6.26. The molecule has 24 heteroatoms. The molecular weight excluding hydrogens is 1220 g/mol. The zero-order valence-corrected chi connectivity index (χ0v) is 50.6. The molecule has 0 fully saturated rings. The van der Waals surface area contributed by atoms with Crippen molar-refractivity contribution in [3.05, 3.63) is 227 Å². The number of fused-ring (bicyclic) bond motifs is 5. The van der Waals surface area contributed by atoms with Crippen LogP contribution >= 0.6 is 69.6 Å². The second kappa shape index (κ2) is 27.6. The Morgan fingerprint density at radius 1 is 0.291 bits per heavy atom. The molecule has 9 heterocycles. The molecule has 5 aromatic carbocycles. The number of nitrogens with zero attached hydrogens (tertiary/aromatic N) is 13. The topological polar surface area (TPSA) is 182 Å². The summed E-state index contributed by atoms with van der Waals surface area (Å²) in [6.07, 6.45) is 21.1. The van der Waals surface area contributed by atoms with Crippen LogP contribution in [0.15, 0.2) is 196 Å². The Hall–Kier alpha value is -9.27. The van der Waals surface area contributed by atoms with Crippen molar-refractivity contribution in [2.45, 2.75) is 0 Å². The highest BCUT2D eigenvalue weighted by atomic mass is 35.5. The number of halogens is 6. The van der Waals surface area contributed by atoms with Gasteiger partial charge in [-0.25, -0.2) is 44.9 Å². The molecule has 432 valence electrons. The van der Waals surface area contributed by atoms with Gasteiger partial charge in [0, 0.05) is 131 Å². The highest BCUT2D eigenvalue weighted by Crippen LogP contribution is 2.32. The summed E-state index contributed by atoms with van der Waals surface area (Å²) in [6, 6.07) is 37.1. The molecule has 0 radical (unpaired) electrons. The zero-order chi connectivity index (χ0) is 60.3. The summed E-state index contributed by atoms with van der Waals surface area (Å²) >= 11 is 36.4. The minimum absolute atomic E-state index is 0.385. The molecule has 0 unspecified atom stereocenters. The minimum Gasteiger partial charge on any atom is -0.497 e. The molecule has 0 N–H and O–H groups in total. The molecule has 0 atom stereocenters. The van der Waals surface area contributed by atoms with Crippen LogP contribution < -0.4 is 23.7 Å². The lowest BCUT2D eigenvalue weighted by atomic mass is 10.2. The van der Waals surface area contributed by atoms with Gasteiger partial charge in [0.15, 0.2) is 0 Å². The van der Waals surface area contributed by atoms with Gasteiger partial charge >= 0.3 is 0 Å². The number of imidazole rings is 4. The van der Waals surface area contributed by atoms with Crippen molar-refractivity contribution in [2.75, 3.05) is 35.5 Å². The molecule has 9 aromatic heterocycles. The molecule has 0 amide bonds. The Kier molecular flexibility index (Phi) is 19.2. The van der Waals surface area contributed by atoms with Gasteiger partial charge in [0.1, 0.15) is 68.5 Å². The van der Waals surface area contributed by atoms with E-state index in [9.17, 15) is 0 Å². The van der Waals surface area contributed by atoms with Gasteiger partial charge in [-0.3, -0.25) is 9.13 Å². The van der Waals surface area contributed by atoms with Crippen molar-refractivity contribution in [1.29, 1.82) is 0 Å². The number of benzene rings is 5. The van der Waals surface area contributed by atoms with Crippen LogP contribution in [0, 0.1) is 0 Å². The van der Waals surface area contributed by atoms with Crippen molar-refractivity contribution in [2.24, 2.45) is 0 Å². The standard InChI is InChI=1S/4C13H10ClN3O.C10H7Cl2NO/c2*1-18-9-2-3-10-11(14)7-13(16-12(10)6-9)17-5-4-15-8-17;2*1-18-9-2-3-10-11(6-9)16-13(14)7-12(10)17-5-4-15-8-17;1-14-6-2-3-7-8(11)5-10(12)13-9(7)4-6/h4*2-8H,1H3;2-5H,1H3. The lowest BCUT2D eigenvalue weighted by Gasteiger charge is -2.09. The summed E-state index contributed by atoms with van der Waals surface area (Å²) in [5.41, 5.74) is 5.82.